The smallest absolute Gasteiger partial charge is 0.227 e. The number of hydrogen-bond acceptors (Lipinski definition) is 3. The summed E-state index contributed by atoms with van der Waals surface area (Å²) in [6.07, 6.45) is 2.74. The van der Waals surface area contributed by atoms with Crippen LogP contribution in [0.25, 0.3) is 0 Å². The third-order valence-corrected chi connectivity index (χ3v) is 2.10. The van der Waals surface area contributed by atoms with E-state index in [1.807, 2.05) is 0 Å². The van der Waals surface area contributed by atoms with Crippen LogP contribution < -0.4 is 11.1 Å². The Labute approximate surface area is 95.8 Å². The predicted octanol–water partition coefficient (Wildman–Crippen LogP) is 1.50. The normalized spacial score (nSPS) is 13.5. The molecule has 1 heterocycles. The Morgan fingerprint density at radius 1 is 1.62 bits per heavy atom. The Morgan fingerprint density at radius 3 is 2.81 bits per heavy atom. The lowest BCUT2D eigenvalue weighted by molar-refractivity contribution is -0.116. The molecule has 4 N–H and O–H groups in total. The molecule has 0 aliphatic heterocycles. The molecule has 0 bridgehead atoms. The van der Waals surface area contributed by atoms with E-state index in [0.29, 0.717) is 12.2 Å². The summed E-state index contributed by atoms with van der Waals surface area (Å²) in [5.41, 5.74) is 6.05. The summed E-state index contributed by atoms with van der Waals surface area (Å²) in [5, 5.41) is 9.11. The zero-order valence-electron chi connectivity index (χ0n) is 10.1. The standard InChI is InChI=1S/C11H20N4O/c1-11(2,3)7-8(12)6-10(16)14-9-4-5-13-15-9/h4-5,8H,6-7,12H2,1-3H3,(H2,13,14,15,16). The molecule has 0 fully saturated rings. The van der Waals surface area contributed by atoms with Crippen molar-refractivity contribution < 1.29 is 4.79 Å². The van der Waals surface area contributed by atoms with Gasteiger partial charge in [-0.2, -0.15) is 5.10 Å². The minimum atomic E-state index is -0.108. The van der Waals surface area contributed by atoms with Crippen molar-refractivity contribution in [2.45, 2.75) is 39.7 Å². The second kappa shape index (κ2) is 5.12. The number of H-pyrrole nitrogens is 1. The molecule has 90 valence electrons. The third kappa shape index (κ3) is 4.93. The number of hydrogen-bond donors (Lipinski definition) is 3. The summed E-state index contributed by atoms with van der Waals surface area (Å²) < 4.78 is 0. The zero-order valence-corrected chi connectivity index (χ0v) is 10.1. The molecular formula is C11H20N4O. The zero-order chi connectivity index (χ0) is 12.2. The topological polar surface area (TPSA) is 83.8 Å². The molecule has 0 aromatic carbocycles. The van der Waals surface area contributed by atoms with Crippen molar-refractivity contribution in [2.24, 2.45) is 11.1 Å². The minimum absolute atomic E-state index is 0.0824. The molecule has 16 heavy (non-hydrogen) atoms. The summed E-state index contributed by atoms with van der Waals surface area (Å²) in [6.45, 7) is 6.33. The van der Waals surface area contributed by atoms with E-state index in [9.17, 15) is 4.79 Å². The Balaban J connectivity index is 2.34. The molecule has 1 unspecified atom stereocenters. The average molecular weight is 224 g/mol. The Morgan fingerprint density at radius 2 is 2.31 bits per heavy atom. The fourth-order valence-corrected chi connectivity index (χ4v) is 1.62. The van der Waals surface area contributed by atoms with Crippen LogP contribution in [0.3, 0.4) is 0 Å². The van der Waals surface area contributed by atoms with Gasteiger partial charge in [0.05, 0.1) is 6.20 Å². The quantitative estimate of drug-likeness (QED) is 0.724. The average Bonchev–Trinajstić information content (AvgIpc) is 2.51. The molecule has 1 amide bonds. The first-order valence-corrected chi connectivity index (χ1v) is 5.41. The Bertz CT molecular complexity index is 326. The first-order valence-electron chi connectivity index (χ1n) is 5.41. The number of aromatic amines is 1. The predicted molar refractivity (Wildman–Crippen MR) is 63.9 cm³/mol. The number of anilines is 1. The van der Waals surface area contributed by atoms with E-state index in [2.05, 4.69) is 36.3 Å². The highest BCUT2D eigenvalue weighted by Crippen LogP contribution is 2.21. The molecule has 0 aliphatic rings. The summed E-state index contributed by atoms with van der Waals surface area (Å²) in [6, 6.07) is 1.59. The van der Waals surface area contributed by atoms with Gasteiger partial charge in [-0.3, -0.25) is 9.89 Å². The van der Waals surface area contributed by atoms with Crippen LogP contribution in [0.2, 0.25) is 0 Å². The Kier molecular flexibility index (Phi) is 4.06. The first kappa shape index (κ1) is 12.7. The van der Waals surface area contributed by atoms with E-state index < -0.39 is 0 Å². The van der Waals surface area contributed by atoms with Gasteiger partial charge in [0.1, 0.15) is 5.82 Å². The van der Waals surface area contributed by atoms with Crippen LogP contribution in [0.5, 0.6) is 0 Å². The second-order valence-electron chi connectivity index (χ2n) is 5.25. The largest absolute Gasteiger partial charge is 0.327 e. The number of nitrogens with two attached hydrogens (primary N) is 1. The van der Waals surface area contributed by atoms with Gasteiger partial charge in [0.2, 0.25) is 5.91 Å². The lowest BCUT2D eigenvalue weighted by atomic mass is 9.87. The van der Waals surface area contributed by atoms with Crippen LogP contribution in [0.4, 0.5) is 5.82 Å². The summed E-state index contributed by atoms with van der Waals surface area (Å²) in [4.78, 5) is 11.6. The van der Waals surface area contributed by atoms with Crippen molar-refractivity contribution in [2.75, 3.05) is 5.32 Å². The monoisotopic (exact) mass is 224 g/mol. The number of nitrogens with zero attached hydrogens (tertiary/aromatic N) is 1. The van der Waals surface area contributed by atoms with Gasteiger partial charge in [0.25, 0.3) is 0 Å². The van der Waals surface area contributed by atoms with Crippen LogP contribution in [0, 0.1) is 5.41 Å². The number of carbonyl (C=O) groups is 1. The van der Waals surface area contributed by atoms with Gasteiger partial charge >= 0.3 is 0 Å². The molecule has 0 aliphatic carbocycles. The fourth-order valence-electron chi connectivity index (χ4n) is 1.62. The van der Waals surface area contributed by atoms with Crippen LogP contribution in [0.15, 0.2) is 12.3 Å². The Hall–Kier alpha value is -1.36. The maximum absolute atomic E-state index is 11.6. The van der Waals surface area contributed by atoms with Crippen LogP contribution in [-0.2, 0) is 4.79 Å². The molecule has 0 spiro atoms. The molecule has 5 nitrogen and oxygen atoms in total. The van der Waals surface area contributed by atoms with Gasteiger partial charge in [-0.05, 0) is 11.8 Å². The number of nitrogens with one attached hydrogen (secondary N) is 2. The molecule has 0 saturated heterocycles. The molecular weight excluding hydrogens is 204 g/mol. The molecule has 0 saturated carbocycles. The van der Waals surface area contributed by atoms with Gasteiger partial charge < -0.3 is 11.1 Å². The van der Waals surface area contributed by atoms with Gasteiger partial charge in [0, 0.05) is 18.5 Å². The maximum Gasteiger partial charge on any atom is 0.227 e. The number of carbonyl (C=O) groups excluding carboxylic acids is 1. The lowest BCUT2D eigenvalue weighted by Gasteiger charge is -2.22. The summed E-state index contributed by atoms with van der Waals surface area (Å²) in [7, 11) is 0. The van der Waals surface area contributed by atoms with Crippen LogP contribution in [0.1, 0.15) is 33.6 Å². The van der Waals surface area contributed by atoms with E-state index in [1.54, 1.807) is 12.3 Å². The highest BCUT2D eigenvalue weighted by atomic mass is 16.1. The van der Waals surface area contributed by atoms with Gasteiger partial charge in [-0.25, -0.2) is 0 Å². The first-order chi connectivity index (χ1) is 7.37. The highest BCUT2D eigenvalue weighted by Gasteiger charge is 2.18. The van der Waals surface area contributed by atoms with Gasteiger partial charge in [-0.1, -0.05) is 20.8 Å². The van der Waals surface area contributed by atoms with Crippen molar-refractivity contribution in [1.82, 2.24) is 10.2 Å². The molecule has 1 aromatic heterocycles. The van der Waals surface area contributed by atoms with E-state index in [1.165, 1.54) is 0 Å². The van der Waals surface area contributed by atoms with E-state index in [4.69, 9.17) is 5.73 Å². The van der Waals surface area contributed by atoms with Gasteiger partial charge in [0.15, 0.2) is 0 Å². The number of aromatic nitrogens is 2. The number of rotatable bonds is 4. The second-order valence-corrected chi connectivity index (χ2v) is 5.25. The SMILES string of the molecule is CC(C)(C)CC(N)CC(=O)Nc1ccn[nH]1. The van der Waals surface area contributed by atoms with E-state index in [-0.39, 0.29) is 17.4 Å². The maximum atomic E-state index is 11.6. The van der Waals surface area contributed by atoms with Crippen molar-refractivity contribution in [3.63, 3.8) is 0 Å². The van der Waals surface area contributed by atoms with Crippen LogP contribution >= 0.6 is 0 Å². The van der Waals surface area contributed by atoms with Crippen LogP contribution in [-0.4, -0.2) is 22.1 Å². The molecule has 5 heteroatoms. The molecule has 1 atom stereocenters. The summed E-state index contributed by atoms with van der Waals surface area (Å²) >= 11 is 0. The fraction of sp³-hybridized carbons (Fsp3) is 0.636. The van der Waals surface area contributed by atoms with Crippen molar-refractivity contribution >= 4 is 11.7 Å². The molecule has 1 aromatic rings. The molecule has 1 rings (SSSR count). The van der Waals surface area contributed by atoms with E-state index in [0.717, 1.165) is 6.42 Å². The minimum Gasteiger partial charge on any atom is -0.327 e. The molecule has 0 radical (unpaired) electrons. The summed E-state index contributed by atoms with van der Waals surface area (Å²) in [5.74, 6) is 0.522. The van der Waals surface area contributed by atoms with Crippen molar-refractivity contribution in [3.8, 4) is 0 Å². The number of amides is 1. The third-order valence-electron chi connectivity index (χ3n) is 2.10. The van der Waals surface area contributed by atoms with Gasteiger partial charge in [-0.15, -0.1) is 0 Å². The highest BCUT2D eigenvalue weighted by molar-refractivity contribution is 5.90. The van der Waals surface area contributed by atoms with E-state index >= 15 is 0 Å². The van der Waals surface area contributed by atoms with Crippen molar-refractivity contribution in [1.29, 1.82) is 0 Å². The van der Waals surface area contributed by atoms with Crippen molar-refractivity contribution in [3.05, 3.63) is 12.3 Å². The lowest BCUT2D eigenvalue weighted by Crippen LogP contribution is -2.31.